The summed E-state index contributed by atoms with van der Waals surface area (Å²) < 4.78 is 18.3. The number of nitrogens with one attached hydrogen (secondary N) is 1. The molecule has 10 nitrogen and oxygen atoms in total. The van der Waals surface area contributed by atoms with E-state index in [2.05, 4.69) is 5.32 Å². The molecule has 1 unspecified atom stereocenters. The summed E-state index contributed by atoms with van der Waals surface area (Å²) in [7, 11) is 0. The highest BCUT2D eigenvalue weighted by Crippen LogP contribution is 2.36. The average Bonchev–Trinajstić information content (AvgIpc) is 3.18. The number of ether oxygens (including phenoxy) is 3. The lowest BCUT2D eigenvalue weighted by atomic mass is 10.1. The number of carbonyl (C=O) groups is 4. The van der Waals surface area contributed by atoms with Gasteiger partial charge in [-0.1, -0.05) is 18.2 Å². The molecule has 0 saturated carbocycles. The van der Waals surface area contributed by atoms with Crippen molar-refractivity contribution in [3.63, 3.8) is 0 Å². The Kier molecular flexibility index (Phi) is 8.43. The number of hydrogen-bond acceptors (Lipinski definition) is 7. The number of aldehydes is 1. The first kappa shape index (κ1) is 27.3. The first-order valence-electron chi connectivity index (χ1n) is 12.7. The number of imide groups is 1. The predicted molar refractivity (Wildman–Crippen MR) is 142 cm³/mol. The van der Waals surface area contributed by atoms with Crippen molar-refractivity contribution in [3.8, 4) is 0 Å². The van der Waals surface area contributed by atoms with Crippen molar-refractivity contribution in [3.05, 3.63) is 42.5 Å². The highest BCUT2D eigenvalue weighted by atomic mass is 16.6. The van der Waals surface area contributed by atoms with Crippen LogP contribution in [0.15, 0.2) is 42.5 Å². The van der Waals surface area contributed by atoms with E-state index in [4.69, 9.17) is 14.2 Å². The molecule has 0 bridgehead atoms. The summed E-state index contributed by atoms with van der Waals surface area (Å²) in [4.78, 5) is 49.6. The molecule has 0 spiro atoms. The minimum absolute atomic E-state index is 0.0137. The van der Waals surface area contributed by atoms with Gasteiger partial charge in [0, 0.05) is 28.4 Å². The van der Waals surface area contributed by atoms with Crippen molar-refractivity contribution in [2.75, 3.05) is 37.9 Å². The first-order valence-corrected chi connectivity index (χ1v) is 12.7. The summed E-state index contributed by atoms with van der Waals surface area (Å²) in [6, 6.07) is 12.9. The van der Waals surface area contributed by atoms with Crippen LogP contribution in [-0.4, -0.2) is 67.3 Å². The Bertz CT molecular complexity index is 1340. The fraction of sp³-hybridized carbons (Fsp3) is 0.429. The molecule has 2 heterocycles. The number of aromatic nitrogens is 1. The van der Waals surface area contributed by atoms with Gasteiger partial charge in [0.15, 0.2) is 0 Å². The quantitative estimate of drug-likeness (QED) is 0.244. The molecule has 202 valence electrons. The predicted octanol–water partition coefficient (Wildman–Crippen LogP) is 3.75. The van der Waals surface area contributed by atoms with Crippen LogP contribution in [0.3, 0.4) is 0 Å². The third-order valence-corrected chi connectivity index (χ3v) is 6.16. The maximum Gasteiger partial charge on any atom is 0.414 e. The van der Waals surface area contributed by atoms with Gasteiger partial charge in [-0.15, -0.1) is 0 Å². The van der Waals surface area contributed by atoms with E-state index in [0.29, 0.717) is 18.4 Å². The molecule has 4 rings (SSSR count). The number of fused-ring (bicyclic) bond motifs is 3. The van der Waals surface area contributed by atoms with Crippen molar-refractivity contribution in [2.45, 2.75) is 45.3 Å². The van der Waals surface area contributed by atoms with E-state index in [9.17, 15) is 19.2 Å². The fourth-order valence-electron chi connectivity index (χ4n) is 4.57. The molecule has 2 aromatic carbocycles. The van der Waals surface area contributed by atoms with Crippen molar-refractivity contribution < 1.29 is 33.4 Å². The second kappa shape index (κ2) is 11.7. The standard InChI is InChI=1S/C28H33N3O7/c1-28(2,3)38-27(35)30(12-14-36-16-17-37-15-13-32)19-8-9-23-21(18-19)20-6-4-5-7-22(20)31(23)24-10-11-25(33)29-26(24)34/h4-9,13,18,24H,10-12,14-17H2,1-3H3,(H,29,33,34). The number of rotatable bonds is 10. The van der Waals surface area contributed by atoms with E-state index >= 15 is 0 Å². The zero-order chi connectivity index (χ0) is 27.3. The second-order valence-electron chi connectivity index (χ2n) is 10.0. The number of carbonyl (C=O) groups excluding carboxylic acids is 4. The normalized spacial score (nSPS) is 16.0. The highest BCUT2D eigenvalue weighted by Gasteiger charge is 2.31. The van der Waals surface area contributed by atoms with E-state index in [0.717, 1.165) is 21.8 Å². The minimum atomic E-state index is -0.690. The van der Waals surface area contributed by atoms with Gasteiger partial charge in [0.05, 0.1) is 31.9 Å². The van der Waals surface area contributed by atoms with Crippen LogP contribution in [0.1, 0.15) is 39.7 Å². The number of benzene rings is 2. The number of hydrogen-bond donors (Lipinski definition) is 1. The van der Waals surface area contributed by atoms with E-state index in [1.165, 1.54) is 4.90 Å². The zero-order valence-electron chi connectivity index (χ0n) is 21.9. The Hall–Kier alpha value is -3.76. The number of anilines is 1. The van der Waals surface area contributed by atoms with Crippen LogP contribution in [0.25, 0.3) is 21.8 Å². The van der Waals surface area contributed by atoms with Gasteiger partial charge < -0.3 is 23.6 Å². The van der Waals surface area contributed by atoms with E-state index in [-0.39, 0.29) is 51.2 Å². The molecule has 0 aliphatic carbocycles. The molecule has 10 heteroatoms. The van der Waals surface area contributed by atoms with Crippen molar-refractivity contribution in [2.24, 2.45) is 0 Å². The second-order valence-corrected chi connectivity index (χ2v) is 10.0. The van der Waals surface area contributed by atoms with Gasteiger partial charge in [0.25, 0.3) is 0 Å². The number of nitrogens with zero attached hydrogens (tertiary/aromatic N) is 2. The molecule has 1 saturated heterocycles. The maximum atomic E-state index is 13.2. The third-order valence-electron chi connectivity index (χ3n) is 6.16. The molecule has 0 radical (unpaired) electrons. The van der Waals surface area contributed by atoms with Crippen LogP contribution in [-0.2, 0) is 28.6 Å². The Balaban J connectivity index is 1.67. The summed E-state index contributed by atoms with van der Waals surface area (Å²) in [5.74, 6) is -0.586. The lowest BCUT2D eigenvalue weighted by molar-refractivity contribution is -0.135. The zero-order valence-corrected chi connectivity index (χ0v) is 21.9. The summed E-state index contributed by atoms with van der Waals surface area (Å²) in [5.41, 5.74) is 1.64. The smallest absolute Gasteiger partial charge is 0.414 e. The van der Waals surface area contributed by atoms with Crippen molar-refractivity contribution >= 4 is 51.7 Å². The molecule has 1 N–H and O–H groups in total. The Labute approximate surface area is 220 Å². The Morgan fingerprint density at radius 3 is 2.53 bits per heavy atom. The van der Waals surface area contributed by atoms with Crippen LogP contribution >= 0.6 is 0 Å². The molecule has 1 fully saturated rings. The molecular formula is C28H33N3O7. The molecule has 1 atom stereocenters. The third kappa shape index (κ3) is 6.20. The van der Waals surface area contributed by atoms with Crippen molar-refractivity contribution in [1.82, 2.24) is 9.88 Å². The summed E-state index contributed by atoms with van der Waals surface area (Å²) in [6.07, 6.45) is 0.858. The van der Waals surface area contributed by atoms with E-state index in [1.54, 1.807) is 20.8 Å². The van der Waals surface area contributed by atoms with Crippen LogP contribution in [0.4, 0.5) is 10.5 Å². The van der Waals surface area contributed by atoms with Crippen LogP contribution in [0.5, 0.6) is 0 Å². The lowest BCUT2D eigenvalue weighted by Gasteiger charge is -2.28. The average molecular weight is 524 g/mol. The van der Waals surface area contributed by atoms with Crippen LogP contribution < -0.4 is 10.2 Å². The van der Waals surface area contributed by atoms with Gasteiger partial charge in [-0.25, -0.2) is 4.79 Å². The fourth-order valence-corrected chi connectivity index (χ4v) is 4.57. The number of piperidine rings is 1. The SMILES string of the molecule is CC(C)(C)OC(=O)N(CCOCCOCC=O)c1ccc2c(c1)c1ccccc1n2C1CCC(=O)NC1=O. The molecule has 3 aromatic rings. The van der Waals surface area contributed by atoms with Gasteiger partial charge in [-0.3, -0.25) is 19.8 Å². The minimum Gasteiger partial charge on any atom is -0.443 e. The van der Waals surface area contributed by atoms with Gasteiger partial charge in [-0.2, -0.15) is 0 Å². The molecular weight excluding hydrogens is 490 g/mol. The van der Waals surface area contributed by atoms with Crippen LogP contribution in [0.2, 0.25) is 0 Å². The largest absolute Gasteiger partial charge is 0.443 e. The molecule has 1 aliphatic rings. The summed E-state index contributed by atoms with van der Waals surface area (Å²) in [5, 5.41) is 4.26. The first-order chi connectivity index (χ1) is 18.2. The topological polar surface area (TPSA) is 116 Å². The molecule has 3 amide bonds. The molecule has 38 heavy (non-hydrogen) atoms. The monoisotopic (exact) mass is 523 g/mol. The van der Waals surface area contributed by atoms with Crippen LogP contribution in [0, 0.1) is 0 Å². The maximum absolute atomic E-state index is 13.2. The number of amides is 3. The van der Waals surface area contributed by atoms with E-state index in [1.807, 2.05) is 47.0 Å². The number of para-hydroxylation sites is 1. The Morgan fingerprint density at radius 1 is 1.05 bits per heavy atom. The molecule has 1 aliphatic heterocycles. The van der Waals surface area contributed by atoms with Crippen molar-refractivity contribution in [1.29, 1.82) is 0 Å². The van der Waals surface area contributed by atoms with Gasteiger partial charge in [0.1, 0.15) is 24.5 Å². The van der Waals surface area contributed by atoms with E-state index < -0.39 is 17.7 Å². The Morgan fingerprint density at radius 2 is 1.79 bits per heavy atom. The molecule has 1 aromatic heterocycles. The van der Waals surface area contributed by atoms with Gasteiger partial charge in [-0.05, 0) is 51.5 Å². The summed E-state index contributed by atoms with van der Waals surface area (Å²) in [6.45, 7) is 6.47. The van der Waals surface area contributed by atoms with Gasteiger partial charge in [0.2, 0.25) is 11.8 Å². The lowest BCUT2D eigenvalue weighted by Crippen LogP contribution is -2.41. The summed E-state index contributed by atoms with van der Waals surface area (Å²) >= 11 is 0. The highest BCUT2D eigenvalue weighted by molar-refractivity contribution is 6.11. The van der Waals surface area contributed by atoms with Gasteiger partial charge >= 0.3 is 6.09 Å².